The van der Waals surface area contributed by atoms with Crippen LogP contribution in [-0.2, 0) is 11.3 Å². The summed E-state index contributed by atoms with van der Waals surface area (Å²) in [5, 5.41) is 0. The maximum Gasteiger partial charge on any atom is 0.416 e. The molecule has 0 saturated carbocycles. The van der Waals surface area contributed by atoms with Crippen molar-refractivity contribution < 1.29 is 14.3 Å². The lowest BCUT2D eigenvalue weighted by atomic mass is 9.97. The van der Waals surface area contributed by atoms with Crippen LogP contribution in [0, 0.1) is 0 Å². The first-order chi connectivity index (χ1) is 15.8. The van der Waals surface area contributed by atoms with Crippen LogP contribution in [0.5, 0.6) is 0 Å². The predicted octanol–water partition coefficient (Wildman–Crippen LogP) is 6.12. The molecule has 0 aromatic heterocycles. The number of benzene rings is 3. The van der Waals surface area contributed by atoms with Gasteiger partial charge in [0, 0.05) is 6.54 Å². The van der Waals surface area contributed by atoms with E-state index in [0.29, 0.717) is 23.4 Å². The van der Waals surface area contributed by atoms with E-state index in [4.69, 9.17) is 4.74 Å². The Balaban J connectivity index is 1.88. The molecule has 168 valence electrons. The van der Waals surface area contributed by atoms with Crippen molar-refractivity contribution in [3.63, 3.8) is 0 Å². The van der Waals surface area contributed by atoms with Crippen LogP contribution in [0.2, 0.25) is 0 Å². The summed E-state index contributed by atoms with van der Waals surface area (Å²) in [5.41, 5.74) is 2.72. The van der Waals surface area contributed by atoms with E-state index in [9.17, 15) is 9.59 Å². The number of carbonyl (C=O) groups is 2. The number of hydrogen-bond acceptors (Lipinski definition) is 3. The lowest BCUT2D eigenvalue weighted by Crippen LogP contribution is -2.58. The zero-order valence-electron chi connectivity index (χ0n) is 19.2. The second kappa shape index (κ2) is 8.94. The fraction of sp³-hybridized carbons (Fsp3) is 0.214. The van der Waals surface area contributed by atoms with Crippen LogP contribution in [0.15, 0.2) is 91.5 Å². The van der Waals surface area contributed by atoms with Gasteiger partial charge < -0.3 is 9.64 Å². The lowest BCUT2D eigenvalue weighted by Gasteiger charge is -2.45. The predicted molar refractivity (Wildman–Crippen MR) is 131 cm³/mol. The number of carbonyl (C=O) groups excluding carboxylic acids is 2. The third-order valence-electron chi connectivity index (χ3n) is 5.44. The summed E-state index contributed by atoms with van der Waals surface area (Å²) in [6.45, 7) is 10.1. The highest BCUT2D eigenvalue weighted by Crippen LogP contribution is 2.38. The molecule has 33 heavy (non-hydrogen) atoms. The zero-order chi connectivity index (χ0) is 23.6. The zero-order valence-corrected chi connectivity index (χ0v) is 19.2. The molecule has 1 heterocycles. The largest absolute Gasteiger partial charge is 0.443 e. The number of hydrogen-bond donors (Lipinski definition) is 0. The van der Waals surface area contributed by atoms with Crippen molar-refractivity contribution in [1.29, 1.82) is 0 Å². The average Bonchev–Trinajstić information content (AvgIpc) is 2.80. The number of fused-ring (bicyclic) bond motifs is 1. The van der Waals surface area contributed by atoms with Crippen LogP contribution in [0.3, 0.4) is 0 Å². The first-order valence-electron chi connectivity index (χ1n) is 11.0. The SMILES string of the molecule is C=C(c1ccccc1)C1N(Cc2ccccc2)C(=O)c2ccccc2N1C(=O)OC(C)(C)C. The summed E-state index contributed by atoms with van der Waals surface area (Å²) < 4.78 is 5.79. The van der Waals surface area contributed by atoms with E-state index in [1.807, 2.05) is 87.5 Å². The quantitative estimate of drug-likeness (QED) is 0.491. The Bertz CT molecular complexity index is 1170. The van der Waals surface area contributed by atoms with Crippen molar-refractivity contribution in [2.24, 2.45) is 0 Å². The molecule has 4 rings (SSSR count). The fourth-order valence-corrected chi connectivity index (χ4v) is 3.99. The molecule has 1 aliphatic heterocycles. The molecule has 0 fully saturated rings. The van der Waals surface area contributed by atoms with Gasteiger partial charge in [0.15, 0.2) is 0 Å². The summed E-state index contributed by atoms with van der Waals surface area (Å²) in [6.07, 6.45) is -1.27. The van der Waals surface area contributed by atoms with Gasteiger partial charge in [-0.2, -0.15) is 0 Å². The molecule has 0 N–H and O–H groups in total. The van der Waals surface area contributed by atoms with Crippen molar-refractivity contribution in [1.82, 2.24) is 4.90 Å². The Labute approximate surface area is 194 Å². The third-order valence-corrected chi connectivity index (χ3v) is 5.44. The third kappa shape index (κ3) is 4.67. The maximum absolute atomic E-state index is 13.7. The second-order valence-corrected chi connectivity index (χ2v) is 9.05. The van der Waals surface area contributed by atoms with Gasteiger partial charge in [0.25, 0.3) is 5.91 Å². The standard InChI is InChI=1S/C28H28N2O3/c1-20(22-15-9-6-10-16-22)25-29(19-21-13-7-5-8-14-21)26(31)23-17-11-12-18-24(23)30(25)27(32)33-28(2,3)4/h5-18,25H,1,19H2,2-4H3. The smallest absolute Gasteiger partial charge is 0.416 e. The molecule has 3 aromatic rings. The highest BCUT2D eigenvalue weighted by atomic mass is 16.6. The minimum atomic E-state index is -0.746. The molecule has 5 nitrogen and oxygen atoms in total. The first-order valence-corrected chi connectivity index (χ1v) is 11.0. The van der Waals surface area contributed by atoms with E-state index in [-0.39, 0.29) is 5.91 Å². The molecule has 3 aromatic carbocycles. The van der Waals surface area contributed by atoms with Gasteiger partial charge in [-0.3, -0.25) is 9.69 Å². The van der Waals surface area contributed by atoms with Gasteiger partial charge >= 0.3 is 6.09 Å². The lowest BCUT2D eigenvalue weighted by molar-refractivity contribution is 0.0490. The molecule has 2 amide bonds. The van der Waals surface area contributed by atoms with Crippen LogP contribution in [0.1, 0.15) is 42.3 Å². The monoisotopic (exact) mass is 440 g/mol. The maximum atomic E-state index is 13.7. The summed E-state index contributed by atoms with van der Waals surface area (Å²) in [5.74, 6) is -0.156. The van der Waals surface area contributed by atoms with Crippen LogP contribution in [0.25, 0.3) is 5.57 Å². The van der Waals surface area contributed by atoms with E-state index >= 15 is 0 Å². The van der Waals surface area contributed by atoms with E-state index in [1.165, 1.54) is 0 Å². The minimum Gasteiger partial charge on any atom is -0.443 e. The van der Waals surface area contributed by atoms with E-state index in [1.54, 1.807) is 28.0 Å². The number of amides is 2. The molecule has 0 spiro atoms. The van der Waals surface area contributed by atoms with Crippen LogP contribution >= 0.6 is 0 Å². The highest BCUT2D eigenvalue weighted by molar-refractivity contribution is 6.08. The van der Waals surface area contributed by atoms with Crippen molar-refractivity contribution in [3.8, 4) is 0 Å². The molecular formula is C28H28N2O3. The van der Waals surface area contributed by atoms with Gasteiger partial charge in [-0.25, -0.2) is 4.79 Å². The van der Waals surface area contributed by atoms with Gasteiger partial charge in [-0.1, -0.05) is 79.4 Å². The Morgan fingerprint density at radius 2 is 1.48 bits per heavy atom. The van der Waals surface area contributed by atoms with Gasteiger partial charge in [-0.05, 0) is 49.6 Å². The average molecular weight is 441 g/mol. The van der Waals surface area contributed by atoms with E-state index in [2.05, 4.69) is 6.58 Å². The topological polar surface area (TPSA) is 49.9 Å². The molecule has 1 unspecified atom stereocenters. The number of rotatable bonds is 4. The van der Waals surface area contributed by atoms with Crippen molar-refractivity contribution in [3.05, 3.63) is 108 Å². The van der Waals surface area contributed by atoms with Crippen LogP contribution in [-0.4, -0.2) is 28.7 Å². The molecule has 0 aliphatic carbocycles. The van der Waals surface area contributed by atoms with Crippen molar-refractivity contribution in [2.75, 3.05) is 4.90 Å². The molecule has 0 radical (unpaired) electrons. The van der Waals surface area contributed by atoms with Gasteiger partial charge in [0.2, 0.25) is 0 Å². The molecule has 0 saturated heterocycles. The van der Waals surface area contributed by atoms with Gasteiger partial charge in [0.1, 0.15) is 11.8 Å². The number of anilines is 1. The number of nitrogens with zero attached hydrogens (tertiary/aromatic N) is 2. The summed E-state index contributed by atoms with van der Waals surface area (Å²) >= 11 is 0. The fourth-order valence-electron chi connectivity index (χ4n) is 3.99. The number of para-hydroxylation sites is 1. The van der Waals surface area contributed by atoms with Gasteiger partial charge in [0.05, 0.1) is 11.3 Å². The van der Waals surface area contributed by atoms with Crippen molar-refractivity contribution >= 4 is 23.3 Å². The van der Waals surface area contributed by atoms with Crippen molar-refractivity contribution in [2.45, 2.75) is 39.1 Å². The molecule has 1 atom stereocenters. The Morgan fingerprint density at radius 1 is 0.909 bits per heavy atom. The van der Waals surface area contributed by atoms with E-state index < -0.39 is 17.9 Å². The molecule has 5 heteroatoms. The molecule has 1 aliphatic rings. The van der Waals surface area contributed by atoms with Gasteiger partial charge in [-0.15, -0.1) is 0 Å². The summed E-state index contributed by atoms with van der Waals surface area (Å²) in [7, 11) is 0. The second-order valence-electron chi connectivity index (χ2n) is 9.05. The molecule has 0 bridgehead atoms. The Hall–Kier alpha value is -3.86. The normalized spacial score (nSPS) is 15.7. The van der Waals surface area contributed by atoms with E-state index in [0.717, 1.165) is 11.1 Å². The Morgan fingerprint density at radius 3 is 2.12 bits per heavy atom. The summed E-state index contributed by atoms with van der Waals surface area (Å²) in [4.78, 5) is 30.5. The summed E-state index contributed by atoms with van der Waals surface area (Å²) in [6, 6.07) is 26.5. The Kier molecular flexibility index (Phi) is 6.05. The minimum absolute atomic E-state index is 0.156. The van der Waals surface area contributed by atoms with Crippen LogP contribution < -0.4 is 4.90 Å². The first kappa shape index (κ1) is 22.3. The molecular weight excluding hydrogens is 412 g/mol. The number of ether oxygens (including phenoxy) is 1. The van der Waals surface area contributed by atoms with Crippen LogP contribution in [0.4, 0.5) is 10.5 Å². The highest BCUT2D eigenvalue weighted by Gasteiger charge is 2.43.